The molecule has 0 atom stereocenters. The van der Waals surface area contributed by atoms with Crippen LogP contribution in [0.2, 0.25) is 0 Å². The minimum absolute atomic E-state index is 0.993. The van der Waals surface area contributed by atoms with Gasteiger partial charge in [0.25, 0.3) is 0 Å². The fourth-order valence-electron chi connectivity index (χ4n) is 2.30. The number of aliphatic imine (C=N–C) groups is 1. The van der Waals surface area contributed by atoms with Gasteiger partial charge in [-0.15, -0.1) is 0 Å². The molecule has 3 aromatic carbocycles. The number of hydrogen-bond donors (Lipinski definition) is 0. The van der Waals surface area contributed by atoms with E-state index in [4.69, 9.17) is 4.99 Å². The molecule has 3 rings (SSSR count). The van der Waals surface area contributed by atoms with Crippen molar-refractivity contribution in [2.75, 3.05) is 0 Å². The fourth-order valence-corrected chi connectivity index (χ4v) is 2.30. The van der Waals surface area contributed by atoms with Gasteiger partial charge in [-0.25, -0.2) is 0 Å². The lowest BCUT2D eigenvalue weighted by Crippen LogP contribution is -1.95. The summed E-state index contributed by atoms with van der Waals surface area (Å²) in [5, 5.41) is 2.50. The Kier molecular flexibility index (Phi) is 3.11. The highest BCUT2D eigenvalue weighted by Crippen LogP contribution is 2.21. The Morgan fingerprint density at radius 3 is 2.26 bits per heavy atom. The monoisotopic (exact) mass is 245 g/mol. The number of rotatable bonds is 2. The second kappa shape index (κ2) is 5.07. The molecule has 19 heavy (non-hydrogen) atoms. The normalized spacial score (nSPS) is 11.7. The smallest absolute Gasteiger partial charge is 0.0633 e. The summed E-state index contributed by atoms with van der Waals surface area (Å²) >= 11 is 0. The molecule has 0 saturated carbocycles. The first-order chi connectivity index (χ1) is 9.34. The van der Waals surface area contributed by atoms with E-state index in [2.05, 4.69) is 49.4 Å². The second-order valence-corrected chi connectivity index (χ2v) is 4.56. The summed E-state index contributed by atoms with van der Waals surface area (Å²) < 4.78 is 0. The predicted molar refractivity (Wildman–Crippen MR) is 82.3 cm³/mol. The molecule has 92 valence electrons. The number of benzene rings is 3. The summed E-state index contributed by atoms with van der Waals surface area (Å²) in [5.74, 6) is 0. The topological polar surface area (TPSA) is 12.4 Å². The molecule has 3 aromatic rings. The molecule has 0 saturated heterocycles. The van der Waals surface area contributed by atoms with Crippen molar-refractivity contribution < 1.29 is 0 Å². The van der Waals surface area contributed by atoms with Crippen molar-refractivity contribution in [2.45, 2.75) is 6.92 Å². The maximum atomic E-state index is 4.70. The largest absolute Gasteiger partial charge is 0.253 e. The molecule has 0 aliphatic rings. The van der Waals surface area contributed by atoms with Crippen LogP contribution in [0.5, 0.6) is 0 Å². The molecule has 0 aromatic heterocycles. The van der Waals surface area contributed by atoms with Gasteiger partial charge in [0.05, 0.1) is 5.69 Å². The van der Waals surface area contributed by atoms with E-state index in [0.717, 1.165) is 11.4 Å². The van der Waals surface area contributed by atoms with Gasteiger partial charge in [-0.2, -0.15) is 0 Å². The van der Waals surface area contributed by atoms with E-state index in [1.165, 1.54) is 16.3 Å². The third kappa shape index (κ3) is 2.41. The molecule has 0 heterocycles. The summed E-state index contributed by atoms with van der Waals surface area (Å²) in [6.07, 6.45) is 0. The Morgan fingerprint density at radius 1 is 0.737 bits per heavy atom. The van der Waals surface area contributed by atoms with Gasteiger partial charge in [0.2, 0.25) is 0 Å². The van der Waals surface area contributed by atoms with Crippen LogP contribution in [-0.4, -0.2) is 5.71 Å². The summed E-state index contributed by atoms with van der Waals surface area (Å²) in [7, 11) is 0. The van der Waals surface area contributed by atoms with Crippen molar-refractivity contribution in [3.05, 3.63) is 78.4 Å². The molecule has 0 amide bonds. The van der Waals surface area contributed by atoms with Crippen molar-refractivity contribution in [3.63, 3.8) is 0 Å². The number of fused-ring (bicyclic) bond motifs is 1. The van der Waals surface area contributed by atoms with Crippen LogP contribution in [0.3, 0.4) is 0 Å². The maximum absolute atomic E-state index is 4.70. The lowest BCUT2D eigenvalue weighted by Gasteiger charge is -2.06. The molecular weight excluding hydrogens is 230 g/mol. The lowest BCUT2D eigenvalue weighted by atomic mass is 10.0. The zero-order chi connectivity index (χ0) is 13.1. The summed E-state index contributed by atoms with van der Waals surface area (Å²) in [4.78, 5) is 4.70. The third-order valence-electron chi connectivity index (χ3n) is 3.23. The number of hydrogen-bond acceptors (Lipinski definition) is 1. The number of nitrogens with zero attached hydrogens (tertiary/aromatic N) is 1. The van der Waals surface area contributed by atoms with Crippen LogP contribution >= 0.6 is 0 Å². The Morgan fingerprint density at radius 2 is 1.42 bits per heavy atom. The minimum atomic E-state index is 0.993. The van der Waals surface area contributed by atoms with E-state index >= 15 is 0 Å². The second-order valence-electron chi connectivity index (χ2n) is 4.56. The van der Waals surface area contributed by atoms with Crippen molar-refractivity contribution in [1.82, 2.24) is 0 Å². The van der Waals surface area contributed by atoms with Crippen molar-refractivity contribution in [1.29, 1.82) is 0 Å². The van der Waals surface area contributed by atoms with Crippen molar-refractivity contribution in [3.8, 4) is 0 Å². The number of para-hydroxylation sites is 1. The van der Waals surface area contributed by atoms with E-state index in [0.29, 0.717) is 0 Å². The van der Waals surface area contributed by atoms with Gasteiger partial charge < -0.3 is 0 Å². The van der Waals surface area contributed by atoms with Crippen LogP contribution in [-0.2, 0) is 0 Å². The average Bonchev–Trinajstić information content (AvgIpc) is 2.47. The van der Waals surface area contributed by atoms with Crippen LogP contribution in [0.15, 0.2) is 77.8 Å². The molecule has 0 aliphatic heterocycles. The molecule has 0 fully saturated rings. The first-order valence-electron chi connectivity index (χ1n) is 6.43. The van der Waals surface area contributed by atoms with Gasteiger partial charge >= 0.3 is 0 Å². The van der Waals surface area contributed by atoms with Crippen LogP contribution in [0, 0.1) is 0 Å². The highest BCUT2D eigenvalue weighted by molar-refractivity contribution is 6.10. The Hall–Kier alpha value is -2.41. The molecule has 0 radical (unpaired) electrons. The van der Waals surface area contributed by atoms with Gasteiger partial charge in [-0.05, 0) is 29.8 Å². The van der Waals surface area contributed by atoms with Gasteiger partial charge in [-0.1, -0.05) is 60.7 Å². The first kappa shape index (κ1) is 11.7. The van der Waals surface area contributed by atoms with Crippen molar-refractivity contribution >= 4 is 22.2 Å². The Labute approximate surface area is 113 Å². The molecular formula is C18H15N. The molecule has 0 unspecified atom stereocenters. The fraction of sp³-hybridized carbons (Fsp3) is 0.0556. The summed E-state index contributed by atoms with van der Waals surface area (Å²) in [6, 6.07) is 24.8. The van der Waals surface area contributed by atoms with Gasteiger partial charge in [0, 0.05) is 11.3 Å². The van der Waals surface area contributed by atoms with Crippen LogP contribution in [0.1, 0.15) is 12.5 Å². The van der Waals surface area contributed by atoms with Crippen LogP contribution in [0.4, 0.5) is 5.69 Å². The van der Waals surface area contributed by atoms with Crippen LogP contribution in [0.25, 0.3) is 10.8 Å². The van der Waals surface area contributed by atoms with Crippen molar-refractivity contribution in [2.24, 2.45) is 4.99 Å². The van der Waals surface area contributed by atoms with Gasteiger partial charge in [-0.3, -0.25) is 4.99 Å². The first-order valence-corrected chi connectivity index (χ1v) is 6.43. The van der Waals surface area contributed by atoms with E-state index in [-0.39, 0.29) is 0 Å². The van der Waals surface area contributed by atoms with E-state index in [1.54, 1.807) is 0 Å². The maximum Gasteiger partial charge on any atom is 0.0633 e. The average molecular weight is 245 g/mol. The molecule has 1 nitrogen and oxygen atoms in total. The quantitative estimate of drug-likeness (QED) is 0.564. The SMILES string of the molecule is C/C(=N\c1ccccc1)c1cccc2ccccc12. The van der Waals surface area contributed by atoms with E-state index in [9.17, 15) is 0 Å². The summed E-state index contributed by atoms with van der Waals surface area (Å²) in [5.41, 5.74) is 3.23. The zero-order valence-electron chi connectivity index (χ0n) is 10.9. The Bertz CT molecular complexity index is 722. The highest BCUT2D eigenvalue weighted by atomic mass is 14.7. The summed E-state index contributed by atoms with van der Waals surface area (Å²) in [6.45, 7) is 2.06. The van der Waals surface area contributed by atoms with E-state index < -0.39 is 0 Å². The zero-order valence-corrected chi connectivity index (χ0v) is 10.9. The lowest BCUT2D eigenvalue weighted by molar-refractivity contribution is 1.49. The van der Waals surface area contributed by atoms with Gasteiger partial charge in [0.15, 0.2) is 0 Å². The molecule has 0 N–H and O–H groups in total. The molecule has 0 bridgehead atoms. The van der Waals surface area contributed by atoms with E-state index in [1.807, 2.05) is 30.3 Å². The molecule has 0 aliphatic carbocycles. The van der Waals surface area contributed by atoms with Crippen LogP contribution < -0.4 is 0 Å². The highest BCUT2D eigenvalue weighted by Gasteiger charge is 2.03. The minimum Gasteiger partial charge on any atom is -0.253 e. The predicted octanol–water partition coefficient (Wildman–Crippen LogP) is 4.98. The third-order valence-corrected chi connectivity index (χ3v) is 3.23. The molecule has 1 heteroatoms. The standard InChI is InChI=1S/C18H15N/c1-14(19-16-10-3-2-4-11-16)17-13-7-9-15-8-5-6-12-18(15)17/h2-13H,1H3/b19-14+. The Balaban J connectivity index is 2.12. The van der Waals surface area contributed by atoms with Gasteiger partial charge in [0.1, 0.15) is 0 Å². The molecule has 0 spiro atoms.